The summed E-state index contributed by atoms with van der Waals surface area (Å²) in [5, 5.41) is 3.65. The molecule has 3 aliphatic rings. The fraction of sp³-hybridized carbons (Fsp3) is 0.478. The number of ether oxygens (including phenoxy) is 1. The highest BCUT2D eigenvalue weighted by Crippen LogP contribution is 2.49. The van der Waals surface area contributed by atoms with E-state index in [1.165, 1.54) is 16.1 Å². The van der Waals surface area contributed by atoms with Gasteiger partial charge in [-0.3, -0.25) is 0 Å². The fourth-order valence-electron chi connectivity index (χ4n) is 4.48. The first kappa shape index (κ1) is 19.9. The molecule has 30 heavy (non-hydrogen) atoms. The largest absolute Gasteiger partial charge is 0.378 e. The van der Waals surface area contributed by atoms with E-state index in [1.54, 1.807) is 11.8 Å². The minimum Gasteiger partial charge on any atom is -0.378 e. The van der Waals surface area contributed by atoms with Gasteiger partial charge in [0.2, 0.25) is 0 Å². The van der Waals surface area contributed by atoms with Crippen LogP contribution in [0.25, 0.3) is 0 Å². The van der Waals surface area contributed by atoms with Crippen molar-refractivity contribution in [1.29, 1.82) is 0 Å². The van der Waals surface area contributed by atoms with Gasteiger partial charge in [-0.25, -0.2) is 8.78 Å². The zero-order valence-corrected chi connectivity index (χ0v) is 18.2. The van der Waals surface area contributed by atoms with Crippen LogP contribution in [0.4, 0.5) is 31.5 Å². The number of halogens is 2. The summed E-state index contributed by atoms with van der Waals surface area (Å²) in [6.45, 7) is 8.41. The molecule has 0 amide bonds. The predicted molar refractivity (Wildman–Crippen MR) is 119 cm³/mol. The molecule has 160 valence electrons. The summed E-state index contributed by atoms with van der Waals surface area (Å²) in [4.78, 5) is 6.84. The van der Waals surface area contributed by atoms with Gasteiger partial charge in [0.05, 0.1) is 24.6 Å². The molecule has 2 aromatic carbocycles. The maximum atomic E-state index is 13.6. The summed E-state index contributed by atoms with van der Waals surface area (Å²) in [5.74, 6) is -2.53. The van der Waals surface area contributed by atoms with E-state index in [1.807, 2.05) is 0 Å². The topological polar surface area (TPSA) is 27.7 Å². The number of nitrogens with one attached hydrogen (secondary N) is 1. The van der Waals surface area contributed by atoms with Crippen molar-refractivity contribution in [3.05, 3.63) is 35.4 Å². The first-order valence-corrected chi connectivity index (χ1v) is 11.4. The molecule has 0 bridgehead atoms. The van der Waals surface area contributed by atoms with E-state index >= 15 is 0 Å². The van der Waals surface area contributed by atoms with Gasteiger partial charge in [-0.15, -0.1) is 0 Å². The second kappa shape index (κ2) is 7.61. The third-order valence-electron chi connectivity index (χ3n) is 6.27. The summed E-state index contributed by atoms with van der Waals surface area (Å²) in [6.07, 6.45) is -0.140. The molecule has 5 rings (SSSR count). The highest BCUT2D eigenvalue weighted by atomic mass is 32.2. The van der Waals surface area contributed by atoms with Crippen LogP contribution < -0.4 is 15.1 Å². The number of morpholine rings is 1. The minimum atomic E-state index is -2.53. The molecule has 3 heterocycles. The Hall–Kier alpha value is -1.99. The number of alkyl halides is 2. The van der Waals surface area contributed by atoms with E-state index in [0.717, 1.165) is 53.8 Å². The summed E-state index contributed by atoms with van der Waals surface area (Å²) in [5.41, 5.74) is 6.95. The third kappa shape index (κ3) is 3.73. The van der Waals surface area contributed by atoms with Gasteiger partial charge in [0.1, 0.15) is 0 Å². The summed E-state index contributed by atoms with van der Waals surface area (Å²) < 4.78 is 32.7. The normalized spacial score (nSPS) is 20.4. The Kier molecular flexibility index (Phi) is 5.06. The van der Waals surface area contributed by atoms with Gasteiger partial charge in [-0.05, 0) is 49.2 Å². The number of anilines is 4. The lowest BCUT2D eigenvalue weighted by molar-refractivity contribution is -0.0220. The van der Waals surface area contributed by atoms with E-state index in [2.05, 4.69) is 53.2 Å². The average molecular weight is 432 g/mol. The molecular formula is C23H27F2N3OS. The Labute approximate surface area is 180 Å². The van der Waals surface area contributed by atoms with Crippen LogP contribution in [-0.4, -0.2) is 45.3 Å². The zero-order valence-electron chi connectivity index (χ0n) is 17.4. The Morgan fingerprint density at radius 3 is 1.87 bits per heavy atom. The molecule has 3 aliphatic heterocycles. The standard InChI is InChI=1S/C23H27F2N3OS/c1-15-11-17(27-5-3-23(24,25)4-6-27)13-19-21(15)26-22-16(2)12-18(14-20(22)30-19)28-7-9-29-10-8-28/h11-14,26H,3-10H2,1-2H3. The van der Waals surface area contributed by atoms with E-state index in [9.17, 15) is 8.78 Å². The van der Waals surface area contributed by atoms with Gasteiger partial charge in [0, 0.05) is 60.2 Å². The first-order valence-electron chi connectivity index (χ1n) is 10.6. The van der Waals surface area contributed by atoms with Crippen molar-refractivity contribution in [2.75, 3.05) is 54.5 Å². The molecule has 1 N–H and O–H groups in total. The lowest BCUT2D eigenvalue weighted by atomic mass is 10.0. The summed E-state index contributed by atoms with van der Waals surface area (Å²) >= 11 is 1.77. The zero-order chi connectivity index (χ0) is 20.9. The van der Waals surface area contributed by atoms with E-state index in [-0.39, 0.29) is 12.8 Å². The van der Waals surface area contributed by atoms with E-state index in [4.69, 9.17) is 4.74 Å². The molecule has 0 aliphatic carbocycles. The van der Waals surface area contributed by atoms with Crippen LogP contribution >= 0.6 is 11.8 Å². The number of nitrogens with zero attached hydrogens (tertiary/aromatic N) is 2. The van der Waals surface area contributed by atoms with Gasteiger partial charge in [-0.1, -0.05) is 11.8 Å². The van der Waals surface area contributed by atoms with Crippen LogP contribution in [0.2, 0.25) is 0 Å². The molecule has 0 spiro atoms. The molecule has 0 unspecified atom stereocenters. The lowest BCUT2D eigenvalue weighted by Gasteiger charge is -2.35. The van der Waals surface area contributed by atoms with Crippen LogP contribution in [-0.2, 0) is 4.74 Å². The van der Waals surface area contributed by atoms with Gasteiger partial charge in [0.15, 0.2) is 0 Å². The molecule has 2 aromatic rings. The van der Waals surface area contributed by atoms with E-state index < -0.39 is 5.92 Å². The van der Waals surface area contributed by atoms with Crippen LogP contribution in [0, 0.1) is 13.8 Å². The SMILES string of the molecule is Cc1cc(N2CCOCC2)cc2c1Nc1c(C)cc(N3CCC(F)(F)CC3)cc1S2. The number of hydrogen-bond donors (Lipinski definition) is 1. The lowest BCUT2D eigenvalue weighted by Crippen LogP contribution is -2.39. The van der Waals surface area contributed by atoms with Crippen LogP contribution in [0.1, 0.15) is 24.0 Å². The Bertz CT molecular complexity index is 965. The average Bonchev–Trinajstić information content (AvgIpc) is 2.73. The Morgan fingerprint density at radius 1 is 0.833 bits per heavy atom. The number of rotatable bonds is 2. The summed E-state index contributed by atoms with van der Waals surface area (Å²) in [6, 6.07) is 8.79. The van der Waals surface area contributed by atoms with E-state index in [0.29, 0.717) is 13.1 Å². The van der Waals surface area contributed by atoms with Crippen molar-refractivity contribution in [3.63, 3.8) is 0 Å². The third-order valence-corrected chi connectivity index (χ3v) is 7.36. The van der Waals surface area contributed by atoms with Crippen LogP contribution in [0.15, 0.2) is 34.1 Å². The number of fused-ring (bicyclic) bond motifs is 2. The summed E-state index contributed by atoms with van der Waals surface area (Å²) in [7, 11) is 0. The Balaban J connectivity index is 1.44. The van der Waals surface area contributed by atoms with Crippen molar-refractivity contribution in [2.45, 2.75) is 42.4 Å². The van der Waals surface area contributed by atoms with Crippen molar-refractivity contribution in [3.8, 4) is 0 Å². The second-order valence-electron chi connectivity index (χ2n) is 8.44. The maximum Gasteiger partial charge on any atom is 0.251 e. The Morgan fingerprint density at radius 2 is 1.33 bits per heavy atom. The van der Waals surface area contributed by atoms with Crippen LogP contribution in [0.5, 0.6) is 0 Å². The smallest absolute Gasteiger partial charge is 0.251 e. The van der Waals surface area contributed by atoms with Crippen molar-refractivity contribution in [2.24, 2.45) is 0 Å². The predicted octanol–water partition coefficient (Wildman–Crippen LogP) is 5.58. The minimum absolute atomic E-state index is 0.0700. The number of benzene rings is 2. The molecule has 0 aromatic heterocycles. The van der Waals surface area contributed by atoms with Crippen molar-refractivity contribution in [1.82, 2.24) is 0 Å². The van der Waals surface area contributed by atoms with Gasteiger partial charge in [0.25, 0.3) is 5.92 Å². The highest BCUT2D eigenvalue weighted by Gasteiger charge is 2.34. The molecule has 2 saturated heterocycles. The molecule has 0 saturated carbocycles. The van der Waals surface area contributed by atoms with Crippen LogP contribution in [0.3, 0.4) is 0 Å². The van der Waals surface area contributed by atoms with Gasteiger partial charge in [-0.2, -0.15) is 0 Å². The quantitative estimate of drug-likeness (QED) is 0.572. The molecule has 0 atom stereocenters. The first-order chi connectivity index (χ1) is 14.4. The highest BCUT2D eigenvalue weighted by molar-refractivity contribution is 7.99. The monoisotopic (exact) mass is 431 g/mol. The molecule has 0 radical (unpaired) electrons. The van der Waals surface area contributed by atoms with Crippen molar-refractivity contribution < 1.29 is 13.5 Å². The molecular weight excluding hydrogens is 404 g/mol. The second-order valence-corrected chi connectivity index (χ2v) is 9.52. The number of piperidine rings is 1. The van der Waals surface area contributed by atoms with Gasteiger partial charge >= 0.3 is 0 Å². The molecule has 4 nitrogen and oxygen atoms in total. The fourth-order valence-corrected chi connectivity index (χ4v) is 5.70. The number of hydrogen-bond acceptors (Lipinski definition) is 5. The van der Waals surface area contributed by atoms with Crippen molar-refractivity contribution >= 4 is 34.5 Å². The molecule has 2 fully saturated rings. The molecule has 7 heteroatoms. The maximum absolute atomic E-state index is 13.6. The van der Waals surface area contributed by atoms with Gasteiger partial charge < -0.3 is 19.9 Å². The number of aryl methyl sites for hydroxylation is 2.